The summed E-state index contributed by atoms with van der Waals surface area (Å²) in [4.78, 5) is 4.68. The third kappa shape index (κ3) is 5.89. The van der Waals surface area contributed by atoms with E-state index in [9.17, 15) is 4.39 Å². The summed E-state index contributed by atoms with van der Waals surface area (Å²) in [6.07, 6.45) is 4.77. The van der Waals surface area contributed by atoms with Crippen LogP contribution in [0.1, 0.15) is 31.9 Å². The third-order valence-corrected chi connectivity index (χ3v) is 4.05. The maximum Gasteiger partial charge on any atom is 0.191 e. The highest BCUT2D eigenvalue weighted by Gasteiger charge is 2.21. The van der Waals surface area contributed by atoms with Crippen molar-refractivity contribution < 1.29 is 4.39 Å². The van der Waals surface area contributed by atoms with Crippen LogP contribution in [0.3, 0.4) is 0 Å². The van der Waals surface area contributed by atoms with Gasteiger partial charge in [-0.3, -0.25) is 9.67 Å². The lowest BCUT2D eigenvalue weighted by molar-refractivity contribution is 0.529. The Bertz CT molecular complexity index is 705. The van der Waals surface area contributed by atoms with Crippen molar-refractivity contribution in [1.82, 2.24) is 20.4 Å². The zero-order valence-electron chi connectivity index (χ0n) is 15.5. The van der Waals surface area contributed by atoms with Gasteiger partial charge in [0.2, 0.25) is 0 Å². The molecule has 0 fully saturated rings. The molecule has 0 atom stereocenters. The van der Waals surface area contributed by atoms with Gasteiger partial charge in [0.15, 0.2) is 5.96 Å². The first-order valence-corrected chi connectivity index (χ1v) is 8.66. The lowest BCUT2D eigenvalue weighted by Gasteiger charge is -2.24. The van der Waals surface area contributed by atoms with Gasteiger partial charge in [-0.15, -0.1) is 0 Å². The van der Waals surface area contributed by atoms with Crippen LogP contribution in [0.2, 0.25) is 0 Å². The molecule has 0 unspecified atom stereocenters. The molecule has 136 valence electrons. The average Bonchev–Trinajstić information content (AvgIpc) is 2.98. The minimum Gasteiger partial charge on any atom is -0.357 e. The van der Waals surface area contributed by atoms with E-state index in [0.29, 0.717) is 6.54 Å². The van der Waals surface area contributed by atoms with Gasteiger partial charge in [0, 0.05) is 31.7 Å². The van der Waals surface area contributed by atoms with E-state index >= 15 is 0 Å². The molecule has 2 N–H and O–H groups in total. The van der Waals surface area contributed by atoms with Crippen LogP contribution < -0.4 is 10.6 Å². The summed E-state index contributed by atoms with van der Waals surface area (Å²) in [5, 5.41) is 10.8. The van der Waals surface area contributed by atoms with Crippen LogP contribution in [0.5, 0.6) is 0 Å². The number of rotatable bonds is 7. The molecule has 0 aliphatic rings. The number of aromatic nitrogens is 2. The summed E-state index contributed by atoms with van der Waals surface area (Å²) < 4.78 is 15.3. The van der Waals surface area contributed by atoms with Gasteiger partial charge in [-0.1, -0.05) is 26.0 Å². The summed E-state index contributed by atoms with van der Waals surface area (Å²) in [6.45, 7) is 8.32. The Morgan fingerprint density at radius 2 is 2.12 bits per heavy atom. The zero-order valence-corrected chi connectivity index (χ0v) is 15.5. The molecule has 0 radical (unpaired) electrons. The summed E-state index contributed by atoms with van der Waals surface area (Å²) in [7, 11) is 1.91. The maximum atomic E-state index is 13.5. The molecule has 2 aromatic rings. The molecular formula is C19H28FN5. The van der Waals surface area contributed by atoms with Crippen molar-refractivity contribution in [3.05, 3.63) is 53.6 Å². The number of hydrogen-bond donors (Lipinski definition) is 2. The Morgan fingerprint density at radius 3 is 2.76 bits per heavy atom. The molecule has 2 rings (SSSR count). The molecule has 1 heterocycles. The minimum absolute atomic E-state index is 0.212. The molecule has 0 spiro atoms. The van der Waals surface area contributed by atoms with Gasteiger partial charge in [0.25, 0.3) is 0 Å². The van der Waals surface area contributed by atoms with E-state index in [0.717, 1.165) is 31.0 Å². The largest absolute Gasteiger partial charge is 0.357 e. The van der Waals surface area contributed by atoms with Crippen molar-refractivity contribution in [2.24, 2.45) is 12.0 Å². The molecule has 0 amide bonds. The standard InChI is InChI=1S/C19H28FN5/c1-5-21-18(22-10-9-15-12-24-25(4)13-15)23-14-19(2,3)16-7-6-8-17(20)11-16/h6-8,11-13H,5,9-10,14H2,1-4H3,(H2,21,22,23). The first-order valence-electron chi connectivity index (χ1n) is 8.66. The van der Waals surface area contributed by atoms with Crippen LogP contribution in [0.15, 0.2) is 41.7 Å². The van der Waals surface area contributed by atoms with E-state index in [1.165, 1.54) is 11.6 Å². The average molecular weight is 345 g/mol. The molecular weight excluding hydrogens is 317 g/mol. The second-order valence-corrected chi connectivity index (χ2v) is 6.79. The van der Waals surface area contributed by atoms with Crippen LogP contribution in [-0.2, 0) is 18.9 Å². The molecule has 5 nitrogen and oxygen atoms in total. The Balaban J connectivity index is 1.95. The maximum absolute atomic E-state index is 13.5. The highest BCUT2D eigenvalue weighted by atomic mass is 19.1. The van der Waals surface area contributed by atoms with Crippen molar-refractivity contribution in [2.75, 3.05) is 19.6 Å². The van der Waals surface area contributed by atoms with Gasteiger partial charge < -0.3 is 10.6 Å². The highest BCUT2D eigenvalue weighted by Crippen LogP contribution is 2.24. The molecule has 1 aromatic carbocycles. The smallest absolute Gasteiger partial charge is 0.191 e. The Kier molecular flexibility index (Phi) is 6.56. The second-order valence-electron chi connectivity index (χ2n) is 6.79. The fraction of sp³-hybridized carbons (Fsp3) is 0.474. The van der Waals surface area contributed by atoms with E-state index in [1.807, 2.05) is 32.4 Å². The van der Waals surface area contributed by atoms with Gasteiger partial charge in [-0.25, -0.2) is 4.39 Å². The predicted molar refractivity (Wildman–Crippen MR) is 100 cm³/mol. The van der Waals surface area contributed by atoms with E-state index in [-0.39, 0.29) is 11.2 Å². The summed E-state index contributed by atoms with van der Waals surface area (Å²) >= 11 is 0. The Labute approximate surface area is 149 Å². The molecule has 0 saturated heterocycles. The van der Waals surface area contributed by atoms with E-state index in [4.69, 9.17) is 0 Å². The van der Waals surface area contributed by atoms with Crippen molar-refractivity contribution in [1.29, 1.82) is 0 Å². The number of benzene rings is 1. The number of guanidine groups is 1. The number of nitrogens with zero attached hydrogens (tertiary/aromatic N) is 3. The quantitative estimate of drug-likeness (QED) is 0.599. The number of aliphatic imine (C=N–C) groups is 1. The van der Waals surface area contributed by atoms with Crippen molar-refractivity contribution >= 4 is 5.96 Å². The topological polar surface area (TPSA) is 54.2 Å². The lowest BCUT2D eigenvalue weighted by atomic mass is 9.85. The van der Waals surface area contributed by atoms with Crippen LogP contribution >= 0.6 is 0 Å². The monoisotopic (exact) mass is 345 g/mol. The lowest BCUT2D eigenvalue weighted by Crippen LogP contribution is -2.39. The molecule has 0 saturated carbocycles. The van der Waals surface area contributed by atoms with Crippen LogP contribution in [0.4, 0.5) is 4.39 Å². The minimum atomic E-state index is -0.242. The van der Waals surface area contributed by atoms with Crippen LogP contribution in [0.25, 0.3) is 0 Å². The summed E-state index contributed by atoms with van der Waals surface area (Å²) in [5.41, 5.74) is 1.89. The number of aryl methyl sites for hydroxylation is 1. The first kappa shape index (κ1) is 19.0. The number of nitrogens with one attached hydrogen (secondary N) is 2. The fourth-order valence-corrected chi connectivity index (χ4v) is 2.55. The fourth-order valence-electron chi connectivity index (χ4n) is 2.55. The van der Waals surface area contributed by atoms with Crippen molar-refractivity contribution in [3.63, 3.8) is 0 Å². The zero-order chi connectivity index (χ0) is 18.3. The molecule has 0 aliphatic carbocycles. The van der Waals surface area contributed by atoms with Crippen molar-refractivity contribution in [3.8, 4) is 0 Å². The summed E-state index contributed by atoms with van der Waals surface area (Å²) in [5.74, 6) is 0.562. The normalized spacial score (nSPS) is 12.3. The molecule has 0 bridgehead atoms. The third-order valence-electron chi connectivity index (χ3n) is 4.05. The second kappa shape index (κ2) is 8.65. The SMILES string of the molecule is CCNC(=NCC(C)(C)c1cccc(F)c1)NCCc1cnn(C)c1. The molecule has 25 heavy (non-hydrogen) atoms. The van der Waals surface area contributed by atoms with Crippen LogP contribution in [-0.4, -0.2) is 35.4 Å². The Hall–Kier alpha value is -2.37. The first-order chi connectivity index (χ1) is 11.9. The number of hydrogen-bond acceptors (Lipinski definition) is 2. The summed E-state index contributed by atoms with van der Waals surface area (Å²) in [6, 6.07) is 6.74. The van der Waals surface area contributed by atoms with E-state index in [1.54, 1.807) is 16.8 Å². The molecule has 6 heteroatoms. The van der Waals surface area contributed by atoms with Gasteiger partial charge in [0.05, 0.1) is 12.7 Å². The van der Waals surface area contributed by atoms with Crippen molar-refractivity contribution in [2.45, 2.75) is 32.6 Å². The molecule has 1 aromatic heterocycles. The van der Waals surface area contributed by atoms with Gasteiger partial charge in [0.1, 0.15) is 5.82 Å². The van der Waals surface area contributed by atoms with Crippen LogP contribution in [0, 0.1) is 5.82 Å². The number of halogens is 1. The van der Waals surface area contributed by atoms with Gasteiger partial charge in [-0.05, 0) is 36.6 Å². The van der Waals surface area contributed by atoms with E-state index < -0.39 is 0 Å². The highest BCUT2D eigenvalue weighted by molar-refractivity contribution is 5.79. The predicted octanol–water partition coefficient (Wildman–Crippen LogP) is 2.63. The van der Waals surface area contributed by atoms with Gasteiger partial charge >= 0.3 is 0 Å². The van der Waals surface area contributed by atoms with E-state index in [2.05, 4.69) is 34.6 Å². The molecule has 0 aliphatic heterocycles. The van der Waals surface area contributed by atoms with Gasteiger partial charge in [-0.2, -0.15) is 5.10 Å². The Morgan fingerprint density at radius 1 is 1.32 bits per heavy atom.